The molecular weight excluding hydrogens is 292 g/mol. The number of nitrogens with two attached hydrogens (primary N) is 1. The van der Waals surface area contributed by atoms with Gasteiger partial charge in [0.15, 0.2) is 15.7 Å². The molecule has 1 aromatic rings. The molecule has 0 radical (unpaired) electrons. The van der Waals surface area contributed by atoms with E-state index in [4.69, 9.17) is 5.14 Å². The molecule has 0 spiro atoms. The summed E-state index contributed by atoms with van der Waals surface area (Å²) in [5.41, 5.74) is 0. The maximum absolute atomic E-state index is 11.8. The molecule has 1 heterocycles. The number of hydrogen-bond donors (Lipinski definition) is 1. The van der Waals surface area contributed by atoms with Gasteiger partial charge in [0.25, 0.3) is 15.2 Å². The summed E-state index contributed by atoms with van der Waals surface area (Å²) in [6, 6.07) is 0. The van der Waals surface area contributed by atoms with E-state index in [0.29, 0.717) is 6.42 Å². The quantitative estimate of drug-likeness (QED) is 0.790. The van der Waals surface area contributed by atoms with Crippen LogP contribution in [0.2, 0.25) is 0 Å². The summed E-state index contributed by atoms with van der Waals surface area (Å²) >= 11 is 0. The zero-order chi connectivity index (χ0) is 15.1. The van der Waals surface area contributed by atoms with Crippen LogP contribution in [0.15, 0.2) is 5.16 Å². The van der Waals surface area contributed by atoms with Gasteiger partial charge >= 0.3 is 0 Å². The Morgan fingerprint density at radius 3 is 2.11 bits per heavy atom. The number of aromatic nitrogens is 3. The normalized spacial score (nSPS) is 13.7. The Kier molecular flexibility index (Phi) is 4.09. The van der Waals surface area contributed by atoms with Gasteiger partial charge in [0.05, 0.1) is 0 Å². The molecule has 0 aromatic carbocycles. The zero-order valence-electron chi connectivity index (χ0n) is 11.3. The number of sulfone groups is 1. The molecule has 0 aliphatic rings. The van der Waals surface area contributed by atoms with Gasteiger partial charge in [-0.1, -0.05) is 6.92 Å². The second-order valence-corrected chi connectivity index (χ2v) is 8.81. The van der Waals surface area contributed by atoms with Crippen LogP contribution in [0.5, 0.6) is 0 Å². The van der Waals surface area contributed by atoms with E-state index in [9.17, 15) is 16.8 Å². The minimum Gasteiger partial charge on any atom is -0.299 e. The van der Waals surface area contributed by atoms with Crippen LogP contribution in [-0.4, -0.2) is 37.9 Å². The number of nitrogens with zero attached hydrogens (tertiary/aromatic N) is 3. The maximum atomic E-state index is 11.8. The van der Waals surface area contributed by atoms with E-state index >= 15 is 0 Å². The minimum absolute atomic E-state index is 0.0703. The molecule has 110 valence electrons. The van der Waals surface area contributed by atoms with E-state index in [-0.39, 0.29) is 12.4 Å². The van der Waals surface area contributed by atoms with Gasteiger partial charge in [-0.3, -0.25) is 4.57 Å². The third-order valence-electron chi connectivity index (χ3n) is 2.88. The van der Waals surface area contributed by atoms with Crippen LogP contribution in [0.25, 0.3) is 0 Å². The summed E-state index contributed by atoms with van der Waals surface area (Å²) in [5, 5.41) is 11.9. The first-order valence-electron chi connectivity index (χ1n) is 5.59. The molecule has 1 rings (SSSR count). The van der Waals surface area contributed by atoms with Crippen LogP contribution in [0, 0.1) is 0 Å². The van der Waals surface area contributed by atoms with Crippen LogP contribution in [0.4, 0.5) is 0 Å². The fourth-order valence-corrected chi connectivity index (χ4v) is 2.66. The van der Waals surface area contributed by atoms with E-state index < -0.39 is 29.8 Å². The molecule has 0 unspecified atom stereocenters. The minimum atomic E-state index is -4.05. The maximum Gasteiger partial charge on any atom is 0.273 e. The highest BCUT2D eigenvalue weighted by Gasteiger charge is 2.39. The van der Waals surface area contributed by atoms with Gasteiger partial charge in [-0.25, -0.2) is 22.0 Å². The molecule has 1 aromatic heterocycles. The van der Waals surface area contributed by atoms with Gasteiger partial charge in [0, 0.05) is 12.8 Å². The average molecular weight is 310 g/mol. The first-order valence-corrected chi connectivity index (χ1v) is 9.02. The lowest BCUT2D eigenvalue weighted by molar-refractivity contribution is 0.504. The van der Waals surface area contributed by atoms with Crippen LogP contribution in [-0.2, 0) is 31.2 Å². The fourth-order valence-electron chi connectivity index (χ4n) is 1.54. The number of sulfonamides is 1. The van der Waals surface area contributed by atoms with Crippen molar-refractivity contribution in [1.82, 2.24) is 14.8 Å². The van der Waals surface area contributed by atoms with Gasteiger partial charge in [-0.15, -0.1) is 10.2 Å². The van der Waals surface area contributed by atoms with Crippen LogP contribution in [0.1, 0.15) is 33.0 Å². The van der Waals surface area contributed by atoms with E-state index in [1.807, 2.05) is 6.92 Å². The second kappa shape index (κ2) is 4.84. The predicted molar refractivity (Wildman–Crippen MR) is 69.6 cm³/mol. The zero-order valence-corrected chi connectivity index (χ0v) is 12.9. The van der Waals surface area contributed by atoms with E-state index in [0.717, 1.165) is 6.26 Å². The molecule has 0 atom stereocenters. The van der Waals surface area contributed by atoms with Crippen molar-refractivity contribution in [3.05, 3.63) is 5.82 Å². The van der Waals surface area contributed by atoms with Crippen molar-refractivity contribution < 1.29 is 16.8 Å². The van der Waals surface area contributed by atoms with Gasteiger partial charge in [-0.05, 0) is 20.3 Å². The highest BCUT2D eigenvalue weighted by molar-refractivity contribution is 7.91. The smallest absolute Gasteiger partial charge is 0.273 e. The second-order valence-electron chi connectivity index (χ2n) is 4.79. The van der Waals surface area contributed by atoms with E-state index in [1.165, 1.54) is 18.4 Å². The third-order valence-corrected chi connectivity index (χ3v) is 5.73. The van der Waals surface area contributed by atoms with Crippen molar-refractivity contribution in [2.45, 2.75) is 43.6 Å². The monoisotopic (exact) mass is 310 g/mol. The standard InChI is InChI=1S/C9H18N4O4S2/c1-5-6-13-7(9(2,3)18(4,14)15)11-12-8(13)19(10,16)17/h5-6H2,1-4H3,(H2,10,16,17). The molecule has 0 aliphatic heterocycles. The molecule has 0 fully saturated rings. The summed E-state index contributed by atoms with van der Waals surface area (Å²) < 4.78 is 46.4. The number of primary sulfonamides is 1. The number of rotatable bonds is 5. The first-order chi connectivity index (χ1) is 8.43. The van der Waals surface area contributed by atoms with Crippen LogP contribution < -0.4 is 5.14 Å². The van der Waals surface area contributed by atoms with Gasteiger partial charge in [0.1, 0.15) is 4.75 Å². The Bertz CT molecular complexity index is 673. The van der Waals surface area contributed by atoms with Crippen molar-refractivity contribution in [3.8, 4) is 0 Å². The lowest BCUT2D eigenvalue weighted by atomic mass is 10.2. The molecule has 0 saturated heterocycles. The highest BCUT2D eigenvalue weighted by Crippen LogP contribution is 2.28. The summed E-state index contributed by atoms with van der Waals surface area (Å²) in [6.45, 7) is 4.99. The SMILES string of the molecule is CCCn1c(C(C)(C)S(C)(=O)=O)nnc1S(N)(=O)=O. The summed E-state index contributed by atoms with van der Waals surface area (Å²) in [6.07, 6.45) is 1.65. The summed E-state index contributed by atoms with van der Waals surface area (Å²) in [7, 11) is -7.53. The number of hydrogen-bond acceptors (Lipinski definition) is 6. The topological polar surface area (TPSA) is 125 Å². The lowest BCUT2D eigenvalue weighted by Gasteiger charge is -2.22. The first kappa shape index (κ1) is 16.1. The fraction of sp³-hybridized carbons (Fsp3) is 0.778. The van der Waals surface area contributed by atoms with Crippen molar-refractivity contribution >= 4 is 19.9 Å². The molecule has 0 saturated carbocycles. The van der Waals surface area contributed by atoms with Crippen molar-refractivity contribution in [3.63, 3.8) is 0 Å². The van der Waals surface area contributed by atoms with E-state index in [2.05, 4.69) is 10.2 Å². The molecule has 19 heavy (non-hydrogen) atoms. The molecule has 2 N–H and O–H groups in total. The average Bonchev–Trinajstić information content (AvgIpc) is 2.60. The largest absolute Gasteiger partial charge is 0.299 e. The third kappa shape index (κ3) is 2.95. The molecule has 8 nitrogen and oxygen atoms in total. The van der Waals surface area contributed by atoms with Crippen molar-refractivity contribution in [2.24, 2.45) is 5.14 Å². The van der Waals surface area contributed by atoms with Crippen LogP contribution >= 0.6 is 0 Å². The molecule has 0 bridgehead atoms. The Morgan fingerprint density at radius 1 is 1.21 bits per heavy atom. The van der Waals surface area contributed by atoms with Gasteiger partial charge in [-0.2, -0.15) is 0 Å². The highest BCUT2D eigenvalue weighted by atomic mass is 32.2. The van der Waals surface area contributed by atoms with Crippen molar-refractivity contribution in [1.29, 1.82) is 0 Å². The Balaban J connectivity index is 3.60. The van der Waals surface area contributed by atoms with Crippen LogP contribution in [0.3, 0.4) is 0 Å². The molecule has 0 aliphatic carbocycles. The Labute approximate surface area is 113 Å². The summed E-state index contributed by atoms with van der Waals surface area (Å²) in [5.74, 6) is 0.0703. The lowest BCUT2D eigenvalue weighted by Crippen LogP contribution is -2.32. The molecule has 0 amide bonds. The molecule has 10 heteroatoms. The Hall–Kier alpha value is -1.00. The van der Waals surface area contributed by atoms with Crippen molar-refractivity contribution in [2.75, 3.05) is 6.26 Å². The predicted octanol–water partition coefficient (Wildman–Crippen LogP) is -0.385. The van der Waals surface area contributed by atoms with E-state index in [1.54, 1.807) is 0 Å². The van der Waals surface area contributed by atoms with Gasteiger partial charge in [0.2, 0.25) is 0 Å². The summed E-state index contributed by atoms with van der Waals surface area (Å²) in [4.78, 5) is 0. The Morgan fingerprint density at radius 2 is 1.74 bits per heavy atom. The van der Waals surface area contributed by atoms with Gasteiger partial charge < -0.3 is 0 Å². The molecular formula is C9H18N4O4S2.